The number of nitrogens with zero attached hydrogens (tertiary/aromatic N) is 2. The quantitative estimate of drug-likeness (QED) is 0.881. The molecule has 3 nitrogen and oxygen atoms in total. The average Bonchev–Trinajstić information content (AvgIpc) is 2.31. The Labute approximate surface area is 99.1 Å². The lowest BCUT2D eigenvalue weighted by Crippen LogP contribution is -2.41. The summed E-state index contributed by atoms with van der Waals surface area (Å²) in [7, 11) is 0. The third kappa shape index (κ3) is 2.72. The average molecular weight is 242 g/mol. The van der Waals surface area contributed by atoms with Crippen molar-refractivity contribution in [2.75, 3.05) is 18.1 Å². The summed E-state index contributed by atoms with van der Waals surface area (Å²) in [5.41, 5.74) is 0. The fraction of sp³-hybridized carbons (Fsp3) is 0.583. The van der Waals surface area contributed by atoms with E-state index in [1.165, 1.54) is 0 Å². The van der Waals surface area contributed by atoms with E-state index in [4.69, 9.17) is 5.11 Å². The maximum absolute atomic E-state index is 13.6. The van der Waals surface area contributed by atoms with E-state index >= 15 is 0 Å². The molecule has 1 unspecified atom stereocenters. The summed E-state index contributed by atoms with van der Waals surface area (Å²) in [6, 6.07) is 0.952. The summed E-state index contributed by atoms with van der Waals surface area (Å²) in [4.78, 5) is 5.67. The highest BCUT2D eigenvalue weighted by Crippen LogP contribution is 2.27. The van der Waals surface area contributed by atoms with Crippen LogP contribution < -0.4 is 4.90 Å². The van der Waals surface area contributed by atoms with E-state index < -0.39 is 11.6 Å². The van der Waals surface area contributed by atoms with Gasteiger partial charge in [0, 0.05) is 25.3 Å². The number of aliphatic hydroxyl groups excluding tert-OH is 1. The molecule has 1 fully saturated rings. The molecular formula is C12H16F2N2O. The Balaban J connectivity index is 2.23. The summed E-state index contributed by atoms with van der Waals surface area (Å²) in [5.74, 6) is -1.10. The third-order valence-electron chi connectivity index (χ3n) is 3.15. The van der Waals surface area contributed by atoms with Gasteiger partial charge in [-0.25, -0.2) is 13.8 Å². The molecule has 0 saturated carbocycles. The maximum Gasteiger partial charge on any atom is 0.168 e. The summed E-state index contributed by atoms with van der Waals surface area (Å²) in [5, 5.41) is 9.00. The second-order valence-electron chi connectivity index (χ2n) is 4.31. The number of aromatic nitrogens is 1. The normalized spacial score (nSPS) is 20.6. The van der Waals surface area contributed by atoms with Gasteiger partial charge in [0.05, 0.1) is 6.20 Å². The van der Waals surface area contributed by atoms with Gasteiger partial charge >= 0.3 is 0 Å². The van der Waals surface area contributed by atoms with Crippen molar-refractivity contribution in [2.45, 2.75) is 31.7 Å². The molecule has 0 aromatic carbocycles. The van der Waals surface area contributed by atoms with Gasteiger partial charge in [0.2, 0.25) is 0 Å². The van der Waals surface area contributed by atoms with E-state index in [1.54, 1.807) is 0 Å². The smallest absolute Gasteiger partial charge is 0.168 e. The lowest BCUT2D eigenvalue weighted by Gasteiger charge is -2.36. The molecule has 0 amide bonds. The maximum atomic E-state index is 13.6. The summed E-state index contributed by atoms with van der Waals surface area (Å²) >= 11 is 0. The molecule has 1 aliphatic heterocycles. The van der Waals surface area contributed by atoms with Crippen LogP contribution in [0.4, 0.5) is 14.6 Å². The Kier molecular flexibility index (Phi) is 3.89. The molecule has 94 valence electrons. The van der Waals surface area contributed by atoms with E-state index in [0.29, 0.717) is 13.0 Å². The molecule has 17 heavy (non-hydrogen) atoms. The number of rotatable bonds is 3. The van der Waals surface area contributed by atoms with Gasteiger partial charge in [-0.2, -0.15) is 0 Å². The van der Waals surface area contributed by atoms with Crippen molar-refractivity contribution in [3.63, 3.8) is 0 Å². The molecule has 1 atom stereocenters. The van der Waals surface area contributed by atoms with E-state index in [9.17, 15) is 8.78 Å². The van der Waals surface area contributed by atoms with Gasteiger partial charge in [-0.15, -0.1) is 0 Å². The minimum atomic E-state index is -0.665. The molecule has 2 rings (SSSR count). The molecule has 0 aliphatic carbocycles. The van der Waals surface area contributed by atoms with Crippen LogP contribution in [0.5, 0.6) is 0 Å². The van der Waals surface area contributed by atoms with E-state index in [-0.39, 0.29) is 18.5 Å². The highest BCUT2D eigenvalue weighted by molar-refractivity contribution is 5.41. The van der Waals surface area contributed by atoms with Crippen molar-refractivity contribution < 1.29 is 13.9 Å². The van der Waals surface area contributed by atoms with Gasteiger partial charge in [-0.1, -0.05) is 0 Å². The molecule has 0 spiro atoms. The fourth-order valence-electron chi connectivity index (χ4n) is 2.35. The minimum absolute atomic E-state index is 0.0734. The van der Waals surface area contributed by atoms with Crippen LogP contribution in [0.25, 0.3) is 0 Å². The Morgan fingerprint density at radius 3 is 2.94 bits per heavy atom. The van der Waals surface area contributed by atoms with Crippen LogP contribution in [0.1, 0.15) is 25.7 Å². The molecular weight excluding hydrogens is 226 g/mol. The van der Waals surface area contributed by atoms with Crippen molar-refractivity contribution in [2.24, 2.45) is 0 Å². The fourth-order valence-corrected chi connectivity index (χ4v) is 2.35. The van der Waals surface area contributed by atoms with Crippen LogP contribution in [-0.2, 0) is 0 Å². The largest absolute Gasteiger partial charge is 0.396 e. The molecule has 1 aliphatic rings. The Morgan fingerprint density at radius 1 is 1.41 bits per heavy atom. The summed E-state index contributed by atoms with van der Waals surface area (Å²) < 4.78 is 26.4. The van der Waals surface area contributed by atoms with Gasteiger partial charge in [0.25, 0.3) is 0 Å². The number of piperidine rings is 1. The first-order chi connectivity index (χ1) is 8.22. The minimum Gasteiger partial charge on any atom is -0.396 e. The van der Waals surface area contributed by atoms with Gasteiger partial charge in [-0.3, -0.25) is 0 Å². The van der Waals surface area contributed by atoms with E-state index in [1.807, 2.05) is 4.90 Å². The zero-order valence-corrected chi connectivity index (χ0v) is 9.57. The zero-order chi connectivity index (χ0) is 12.3. The number of anilines is 1. The number of aliphatic hydroxyl groups is 1. The van der Waals surface area contributed by atoms with E-state index in [2.05, 4.69) is 4.98 Å². The molecule has 1 aromatic heterocycles. The van der Waals surface area contributed by atoms with Crippen molar-refractivity contribution in [3.8, 4) is 0 Å². The second-order valence-corrected chi connectivity index (χ2v) is 4.31. The van der Waals surface area contributed by atoms with Crippen molar-refractivity contribution in [3.05, 3.63) is 23.9 Å². The molecule has 0 bridgehead atoms. The SMILES string of the molecule is OCCC1CCCCN1c1ncc(F)cc1F. The van der Waals surface area contributed by atoms with Crippen molar-refractivity contribution in [1.82, 2.24) is 4.98 Å². The molecule has 2 heterocycles. The van der Waals surface area contributed by atoms with Gasteiger partial charge in [0.15, 0.2) is 11.6 Å². The molecule has 1 N–H and O–H groups in total. The van der Waals surface area contributed by atoms with Gasteiger partial charge in [-0.05, 0) is 25.7 Å². The van der Waals surface area contributed by atoms with Crippen LogP contribution in [-0.4, -0.2) is 29.3 Å². The summed E-state index contributed by atoms with van der Waals surface area (Å²) in [6.45, 7) is 0.782. The Bertz CT molecular complexity index is 385. The van der Waals surface area contributed by atoms with Crippen molar-refractivity contribution in [1.29, 1.82) is 0 Å². The topological polar surface area (TPSA) is 36.4 Å². The number of hydrogen-bond acceptors (Lipinski definition) is 3. The van der Waals surface area contributed by atoms with Crippen molar-refractivity contribution >= 4 is 5.82 Å². The highest BCUT2D eigenvalue weighted by Gasteiger charge is 2.25. The third-order valence-corrected chi connectivity index (χ3v) is 3.15. The van der Waals surface area contributed by atoms with Gasteiger partial charge in [0.1, 0.15) is 5.82 Å². The molecule has 1 saturated heterocycles. The number of halogens is 2. The highest BCUT2D eigenvalue weighted by atomic mass is 19.1. The molecule has 1 aromatic rings. The Morgan fingerprint density at radius 2 is 2.24 bits per heavy atom. The monoisotopic (exact) mass is 242 g/mol. The van der Waals surface area contributed by atoms with Crippen LogP contribution in [0.2, 0.25) is 0 Å². The first-order valence-corrected chi connectivity index (χ1v) is 5.91. The first-order valence-electron chi connectivity index (χ1n) is 5.91. The van der Waals surface area contributed by atoms with Crippen LogP contribution in [0, 0.1) is 11.6 Å². The standard InChI is InChI=1S/C12H16F2N2O/c13-9-7-11(14)12(15-8-9)16-5-2-1-3-10(16)4-6-17/h7-8,10,17H,1-6H2. The lowest BCUT2D eigenvalue weighted by molar-refractivity contribution is 0.261. The zero-order valence-electron chi connectivity index (χ0n) is 9.57. The van der Waals surface area contributed by atoms with Crippen LogP contribution in [0.3, 0.4) is 0 Å². The first kappa shape index (κ1) is 12.2. The summed E-state index contributed by atoms with van der Waals surface area (Å²) in [6.07, 6.45) is 4.59. The molecule has 5 heteroatoms. The van der Waals surface area contributed by atoms with Gasteiger partial charge < -0.3 is 10.0 Å². The molecule has 0 radical (unpaired) electrons. The number of pyridine rings is 1. The van der Waals surface area contributed by atoms with E-state index in [0.717, 1.165) is 31.5 Å². The number of hydrogen-bond donors (Lipinski definition) is 1. The second kappa shape index (κ2) is 5.40. The predicted octanol–water partition coefficient (Wildman–Crippen LogP) is 2.10. The Hall–Kier alpha value is -1.23. The van der Waals surface area contributed by atoms with Crippen LogP contribution >= 0.6 is 0 Å². The lowest BCUT2D eigenvalue weighted by atomic mass is 9.99. The van der Waals surface area contributed by atoms with Crippen LogP contribution in [0.15, 0.2) is 12.3 Å². The predicted molar refractivity (Wildman–Crippen MR) is 60.8 cm³/mol.